The minimum absolute atomic E-state index is 0. The van der Waals surface area contributed by atoms with E-state index in [2.05, 4.69) is 0 Å². The molecule has 2 amide bonds. The molecule has 0 aromatic heterocycles. The second-order valence-corrected chi connectivity index (χ2v) is 9.32. The third kappa shape index (κ3) is 10.2. The maximum absolute atomic E-state index is 11.9. The van der Waals surface area contributed by atoms with E-state index in [4.69, 9.17) is 4.74 Å². The first-order valence-electron chi connectivity index (χ1n) is 11.1. The number of unbranched alkanes of at least 4 members (excludes halogenated alkanes) is 3. The molecule has 178 valence electrons. The fourth-order valence-electron chi connectivity index (χ4n) is 2.40. The molecule has 0 aromatic carbocycles. The van der Waals surface area contributed by atoms with Crippen LogP contribution in [0.3, 0.4) is 0 Å². The molecule has 0 saturated carbocycles. The maximum atomic E-state index is 11.9. The molecule has 1 aliphatic rings. The Labute approximate surface area is 215 Å². The standard InChI is InChI=1S/C18H29NO4.C6H12O2.Na/c1-6-18(4,5)17(22)23-12-10-8-7-9-11-19-15(20)13(2)14(3)16(19)21;1-4-6(2,3)5(7)8;/h6-12H2,1-5H3;4H2,1-3H3,(H,7,8);/q;;+1/p-1. The van der Waals surface area contributed by atoms with Crippen LogP contribution in [0.4, 0.5) is 0 Å². The van der Waals surface area contributed by atoms with Gasteiger partial charge < -0.3 is 14.6 Å². The number of carbonyl (C=O) groups excluding carboxylic acids is 4. The Hall–Kier alpha value is -1.18. The van der Waals surface area contributed by atoms with Crippen molar-refractivity contribution in [3.63, 3.8) is 0 Å². The van der Waals surface area contributed by atoms with Gasteiger partial charge in [0.25, 0.3) is 11.8 Å². The molecule has 0 radical (unpaired) electrons. The molecule has 0 bridgehead atoms. The van der Waals surface area contributed by atoms with Gasteiger partial charge in [-0.2, -0.15) is 0 Å². The summed E-state index contributed by atoms with van der Waals surface area (Å²) in [4.78, 5) is 47.0. The van der Waals surface area contributed by atoms with E-state index < -0.39 is 16.8 Å². The zero-order chi connectivity index (χ0) is 24.4. The molecular formula is C24H40NNaO6. The van der Waals surface area contributed by atoms with E-state index in [0.717, 1.165) is 32.1 Å². The third-order valence-electron chi connectivity index (χ3n) is 6.08. The van der Waals surface area contributed by atoms with Crippen LogP contribution < -0.4 is 34.7 Å². The van der Waals surface area contributed by atoms with Gasteiger partial charge in [0.15, 0.2) is 0 Å². The summed E-state index contributed by atoms with van der Waals surface area (Å²) >= 11 is 0. The largest absolute Gasteiger partial charge is 1.00 e. The molecule has 1 rings (SSSR count). The van der Waals surface area contributed by atoms with Gasteiger partial charge in [-0.15, -0.1) is 0 Å². The Balaban J connectivity index is 0. The van der Waals surface area contributed by atoms with Crippen LogP contribution in [-0.4, -0.2) is 41.8 Å². The molecule has 0 spiro atoms. The number of ether oxygens (including phenoxy) is 1. The number of hydrogen-bond acceptors (Lipinski definition) is 6. The van der Waals surface area contributed by atoms with E-state index in [1.165, 1.54) is 4.90 Å². The van der Waals surface area contributed by atoms with Gasteiger partial charge >= 0.3 is 35.5 Å². The summed E-state index contributed by atoms with van der Waals surface area (Å²) in [7, 11) is 0. The molecule has 0 saturated heterocycles. The van der Waals surface area contributed by atoms with Crippen LogP contribution in [0.1, 0.15) is 93.9 Å². The molecule has 0 aliphatic carbocycles. The van der Waals surface area contributed by atoms with Crippen LogP contribution in [0.15, 0.2) is 11.1 Å². The first-order valence-corrected chi connectivity index (χ1v) is 11.1. The molecule has 0 N–H and O–H groups in total. The third-order valence-corrected chi connectivity index (χ3v) is 6.08. The molecule has 0 aromatic rings. The van der Waals surface area contributed by atoms with E-state index in [1.807, 2.05) is 27.7 Å². The fraction of sp³-hybridized carbons (Fsp3) is 0.750. The maximum Gasteiger partial charge on any atom is 1.00 e. The summed E-state index contributed by atoms with van der Waals surface area (Å²) in [5.41, 5.74) is 0.0417. The van der Waals surface area contributed by atoms with Crippen LogP contribution >= 0.6 is 0 Å². The average molecular weight is 462 g/mol. The monoisotopic (exact) mass is 461 g/mol. The summed E-state index contributed by atoms with van der Waals surface area (Å²) < 4.78 is 5.28. The van der Waals surface area contributed by atoms with Gasteiger partial charge in [-0.3, -0.25) is 19.3 Å². The molecule has 1 aliphatic heterocycles. The van der Waals surface area contributed by atoms with Gasteiger partial charge in [-0.05, 0) is 59.8 Å². The van der Waals surface area contributed by atoms with Gasteiger partial charge in [-0.25, -0.2) is 0 Å². The number of carboxylic acid groups (broad SMARTS) is 1. The van der Waals surface area contributed by atoms with E-state index >= 15 is 0 Å². The minimum atomic E-state index is -0.972. The van der Waals surface area contributed by atoms with Crippen molar-refractivity contribution in [2.75, 3.05) is 13.2 Å². The van der Waals surface area contributed by atoms with Crippen molar-refractivity contribution in [2.45, 2.75) is 93.9 Å². The SMILES string of the molecule is CCC(C)(C)C(=O)OCCCCCCN1C(=O)C(C)=C(C)C1=O.CCC(C)(C)C(=O)[O-].[Na+]. The van der Waals surface area contributed by atoms with E-state index in [1.54, 1.807) is 27.7 Å². The molecule has 32 heavy (non-hydrogen) atoms. The molecule has 1 heterocycles. The zero-order valence-corrected chi connectivity index (χ0v) is 23.6. The molecular weight excluding hydrogens is 421 g/mol. The van der Waals surface area contributed by atoms with Crippen molar-refractivity contribution in [1.82, 2.24) is 4.90 Å². The Kier molecular flexibility index (Phi) is 15.3. The van der Waals surface area contributed by atoms with Crippen molar-refractivity contribution >= 4 is 23.8 Å². The topological polar surface area (TPSA) is 104 Å². The van der Waals surface area contributed by atoms with Crippen molar-refractivity contribution in [2.24, 2.45) is 10.8 Å². The van der Waals surface area contributed by atoms with Crippen LogP contribution in [0.5, 0.6) is 0 Å². The van der Waals surface area contributed by atoms with Gasteiger partial charge in [0, 0.05) is 29.1 Å². The van der Waals surface area contributed by atoms with Crippen LogP contribution in [0.2, 0.25) is 0 Å². The number of amides is 2. The molecule has 0 unspecified atom stereocenters. The Morgan fingerprint density at radius 2 is 1.28 bits per heavy atom. The predicted octanol–water partition coefficient (Wildman–Crippen LogP) is 0.408. The number of imide groups is 1. The molecule has 7 nitrogen and oxygen atoms in total. The number of hydrogen-bond donors (Lipinski definition) is 0. The number of rotatable bonds is 11. The number of aliphatic carboxylic acids is 1. The van der Waals surface area contributed by atoms with Gasteiger partial charge in [0.2, 0.25) is 0 Å². The molecule has 0 fully saturated rings. The van der Waals surface area contributed by atoms with Gasteiger partial charge in [0.05, 0.1) is 12.0 Å². The second kappa shape index (κ2) is 14.9. The summed E-state index contributed by atoms with van der Waals surface area (Å²) in [5, 5.41) is 10.1. The predicted molar refractivity (Wildman–Crippen MR) is 118 cm³/mol. The Morgan fingerprint density at radius 1 is 0.844 bits per heavy atom. The smallest absolute Gasteiger partial charge is 0.550 e. The van der Waals surface area contributed by atoms with Crippen molar-refractivity contribution in [1.29, 1.82) is 0 Å². The Bertz CT molecular complexity index is 673. The first kappa shape index (κ1) is 33.0. The summed E-state index contributed by atoms with van der Waals surface area (Å²) in [5.74, 6) is -1.45. The van der Waals surface area contributed by atoms with E-state index in [0.29, 0.717) is 30.7 Å². The normalized spacial score (nSPS) is 14.1. The quantitative estimate of drug-likeness (QED) is 0.191. The van der Waals surface area contributed by atoms with Gasteiger partial charge in [0.1, 0.15) is 0 Å². The number of carboxylic acids is 1. The van der Waals surface area contributed by atoms with Crippen LogP contribution in [-0.2, 0) is 23.9 Å². The summed E-state index contributed by atoms with van der Waals surface area (Å²) in [6.45, 7) is 15.2. The number of esters is 1. The van der Waals surface area contributed by atoms with E-state index in [9.17, 15) is 24.3 Å². The summed E-state index contributed by atoms with van der Waals surface area (Å²) in [6.07, 6.45) is 4.80. The van der Waals surface area contributed by atoms with Crippen molar-refractivity contribution < 1.29 is 58.6 Å². The van der Waals surface area contributed by atoms with E-state index in [-0.39, 0.29) is 47.3 Å². The van der Waals surface area contributed by atoms with Crippen molar-refractivity contribution in [3.8, 4) is 0 Å². The van der Waals surface area contributed by atoms with Crippen LogP contribution in [0.25, 0.3) is 0 Å². The van der Waals surface area contributed by atoms with Crippen molar-refractivity contribution in [3.05, 3.63) is 11.1 Å². The summed E-state index contributed by atoms with van der Waals surface area (Å²) in [6, 6.07) is 0. The second-order valence-electron chi connectivity index (χ2n) is 9.32. The zero-order valence-electron chi connectivity index (χ0n) is 21.6. The molecule has 0 atom stereocenters. The average Bonchev–Trinajstić information content (AvgIpc) is 2.90. The fourth-order valence-corrected chi connectivity index (χ4v) is 2.40. The number of carbonyl (C=O) groups is 4. The first-order chi connectivity index (χ1) is 14.2. The molecule has 8 heteroatoms. The minimum Gasteiger partial charge on any atom is -0.550 e. The Morgan fingerprint density at radius 3 is 1.66 bits per heavy atom. The van der Waals surface area contributed by atoms with Crippen LogP contribution in [0, 0.1) is 10.8 Å². The number of nitrogens with zero attached hydrogens (tertiary/aromatic N) is 1. The van der Waals surface area contributed by atoms with Gasteiger partial charge in [-0.1, -0.05) is 34.1 Å².